The Bertz CT molecular complexity index is 493. The third-order valence-corrected chi connectivity index (χ3v) is 3.34. The van der Waals surface area contributed by atoms with Gasteiger partial charge in [-0.1, -0.05) is 0 Å². The van der Waals surface area contributed by atoms with Gasteiger partial charge in [-0.15, -0.1) is 0 Å². The van der Waals surface area contributed by atoms with Crippen LogP contribution in [0.4, 0.5) is 5.69 Å². The molecule has 0 radical (unpaired) electrons. The maximum Gasteiger partial charge on any atom is 0.103 e. The maximum atomic E-state index is 9.33. The van der Waals surface area contributed by atoms with E-state index in [0.29, 0.717) is 12.2 Å². The molecule has 0 aromatic carbocycles. The first-order valence-electron chi connectivity index (χ1n) is 6.29. The molecule has 0 spiro atoms. The highest BCUT2D eigenvalue weighted by molar-refractivity contribution is 5.62. The zero-order valence-corrected chi connectivity index (χ0v) is 11.4. The molecule has 18 heavy (non-hydrogen) atoms. The predicted octanol–water partition coefficient (Wildman–Crippen LogP) is 2.18. The molecular weight excluding hydrogens is 226 g/mol. The number of aromatic nitrogens is 1. The van der Waals surface area contributed by atoms with Crippen molar-refractivity contribution in [3.05, 3.63) is 23.0 Å². The normalized spacial score (nSPS) is 23.8. The van der Waals surface area contributed by atoms with Gasteiger partial charge in [0.05, 0.1) is 29.7 Å². The smallest absolute Gasteiger partial charge is 0.103 e. The van der Waals surface area contributed by atoms with E-state index in [4.69, 9.17) is 4.74 Å². The molecule has 4 nitrogen and oxygen atoms in total. The zero-order valence-electron chi connectivity index (χ0n) is 11.4. The summed E-state index contributed by atoms with van der Waals surface area (Å²) < 4.78 is 5.64. The lowest BCUT2D eigenvalue weighted by atomic mass is 10.1. The lowest BCUT2D eigenvalue weighted by Crippen LogP contribution is -2.47. The molecule has 0 amide bonds. The van der Waals surface area contributed by atoms with Gasteiger partial charge in [0.2, 0.25) is 0 Å². The first-order chi connectivity index (χ1) is 8.52. The molecular formula is C14H19N3O. The topological polar surface area (TPSA) is 49.1 Å². The number of morpholine rings is 1. The summed E-state index contributed by atoms with van der Waals surface area (Å²) in [7, 11) is 0. The summed E-state index contributed by atoms with van der Waals surface area (Å²) in [5.74, 6) is 0. The van der Waals surface area contributed by atoms with E-state index in [1.54, 1.807) is 0 Å². The molecule has 0 N–H and O–H groups in total. The van der Waals surface area contributed by atoms with Crippen LogP contribution in [0.1, 0.15) is 30.8 Å². The zero-order chi connectivity index (χ0) is 13.3. The van der Waals surface area contributed by atoms with E-state index < -0.39 is 0 Å². The Labute approximate surface area is 108 Å². The summed E-state index contributed by atoms with van der Waals surface area (Å²) in [6.45, 7) is 9.56. The van der Waals surface area contributed by atoms with E-state index in [1.807, 2.05) is 19.9 Å². The molecule has 1 fully saturated rings. The number of anilines is 1. The Morgan fingerprint density at radius 3 is 2.83 bits per heavy atom. The number of ether oxygens (including phenoxy) is 1. The van der Waals surface area contributed by atoms with Crippen molar-refractivity contribution in [2.45, 2.75) is 39.8 Å². The standard InChI is InChI=1S/C14H19N3O/c1-9-5-14(13(6-15)12(4)16-9)17-7-11(3)18-8-10(17)2/h5,10-11H,7-8H2,1-4H3. The third-order valence-electron chi connectivity index (χ3n) is 3.34. The van der Waals surface area contributed by atoms with E-state index in [-0.39, 0.29) is 12.1 Å². The summed E-state index contributed by atoms with van der Waals surface area (Å²) in [4.78, 5) is 6.62. The SMILES string of the molecule is Cc1cc(N2CC(C)OCC2C)c(C#N)c(C)n1. The average molecular weight is 245 g/mol. The van der Waals surface area contributed by atoms with Gasteiger partial charge in [0, 0.05) is 18.3 Å². The van der Waals surface area contributed by atoms with Crippen LogP contribution in [0.5, 0.6) is 0 Å². The molecule has 1 saturated heterocycles. The molecule has 0 aliphatic carbocycles. The van der Waals surface area contributed by atoms with Gasteiger partial charge in [-0.25, -0.2) is 0 Å². The average Bonchev–Trinajstić information content (AvgIpc) is 2.31. The quantitative estimate of drug-likeness (QED) is 0.761. The fraction of sp³-hybridized carbons (Fsp3) is 0.571. The van der Waals surface area contributed by atoms with Gasteiger partial charge in [0.25, 0.3) is 0 Å². The van der Waals surface area contributed by atoms with Gasteiger partial charge < -0.3 is 9.64 Å². The van der Waals surface area contributed by atoms with Crippen molar-refractivity contribution < 1.29 is 4.74 Å². The number of rotatable bonds is 1. The Hall–Kier alpha value is -1.60. The minimum atomic E-state index is 0.196. The number of nitrogens with zero attached hydrogens (tertiary/aromatic N) is 3. The lowest BCUT2D eigenvalue weighted by Gasteiger charge is -2.39. The second kappa shape index (κ2) is 4.95. The van der Waals surface area contributed by atoms with Crippen molar-refractivity contribution in [2.24, 2.45) is 0 Å². The van der Waals surface area contributed by atoms with Crippen molar-refractivity contribution in [2.75, 3.05) is 18.1 Å². The van der Waals surface area contributed by atoms with E-state index in [9.17, 15) is 5.26 Å². The highest BCUT2D eigenvalue weighted by atomic mass is 16.5. The van der Waals surface area contributed by atoms with Crippen molar-refractivity contribution in [3.63, 3.8) is 0 Å². The molecule has 1 aromatic heterocycles. The fourth-order valence-corrected chi connectivity index (χ4v) is 2.41. The monoisotopic (exact) mass is 245 g/mol. The van der Waals surface area contributed by atoms with Crippen LogP contribution < -0.4 is 4.90 Å². The van der Waals surface area contributed by atoms with Gasteiger partial charge >= 0.3 is 0 Å². The van der Waals surface area contributed by atoms with E-state index in [1.165, 1.54) is 0 Å². The Balaban J connectivity index is 2.46. The molecule has 0 saturated carbocycles. The lowest BCUT2D eigenvalue weighted by molar-refractivity contribution is 0.0343. The van der Waals surface area contributed by atoms with Crippen molar-refractivity contribution in [1.82, 2.24) is 4.98 Å². The van der Waals surface area contributed by atoms with Crippen LogP contribution >= 0.6 is 0 Å². The van der Waals surface area contributed by atoms with Crippen LogP contribution in [0.2, 0.25) is 0 Å². The van der Waals surface area contributed by atoms with Gasteiger partial charge in [-0.2, -0.15) is 5.26 Å². The Kier molecular flexibility index (Phi) is 3.53. The van der Waals surface area contributed by atoms with Gasteiger partial charge in [0.15, 0.2) is 0 Å². The Morgan fingerprint density at radius 1 is 1.44 bits per heavy atom. The largest absolute Gasteiger partial charge is 0.375 e. The van der Waals surface area contributed by atoms with Crippen molar-refractivity contribution >= 4 is 5.69 Å². The summed E-state index contributed by atoms with van der Waals surface area (Å²) >= 11 is 0. The van der Waals surface area contributed by atoms with E-state index >= 15 is 0 Å². The number of pyridine rings is 1. The molecule has 4 heteroatoms. The highest BCUT2D eigenvalue weighted by Gasteiger charge is 2.26. The predicted molar refractivity (Wildman–Crippen MR) is 70.6 cm³/mol. The van der Waals surface area contributed by atoms with Crippen LogP contribution in [0.3, 0.4) is 0 Å². The third kappa shape index (κ3) is 2.32. The summed E-state index contributed by atoms with van der Waals surface area (Å²) in [5, 5.41) is 9.33. The number of hydrogen-bond donors (Lipinski definition) is 0. The molecule has 1 aliphatic rings. The first kappa shape index (κ1) is 12.8. The molecule has 0 bridgehead atoms. The van der Waals surface area contributed by atoms with Gasteiger partial charge in [0.1, 0.15) is 6.07 Å². The van der Waals surface area contributed by atoms with Crippen LogP contribution in [-0.4, -0.2) is 30.3 Å². The van der Waals surface area contributed by atoms with Crippen molar-refractivity contribution in [3.8, 4) is 6.07 Å². The summed E-state index contributed by atoms with van der Waals surface area (Å²) in [5.41, 5.74) is 3.43. The number of hydrogen-bond acceptors (Lipinski definition) is 4. The number of aryl methyl sites for hydroxylation is 2. The molecule has 96 valence electrons. The molecule has 2 rings (SSSR count). The minimum absolute atomic E-state index is 0.196. The molecule has 1 aromatic rings. The molecule has 2 unspecified atom stereocenters. The second-order valence-electron chi connectivity index (χ2n) is 5.00. The van der Waals surface area contributed by atoms with Crippen molar-refractivity contribution in [1.29, 1.82) is 5.26 Å². The van der Waals surface area contributed by atoms with Crippen LogP contribution in [0.15, 0.2) is 6.07 Å². The number of nitriles is 1. The van der Waals surface area contributed by atoms with Crippen LogP contribution in [-0.2, 0) is 4.74 Å². The van der Waals surface area contributed by atoms with E-state index in [2.05, 4.69) is 29.8 Å². The highest BCUT2D eigenvalue weighted by Crippen LogP contribution is 2.27. The molecule has 2 atom stereocenters. The minimum Gasteiger partial charge on any atom is -0.375 e. The van der Waals surface area contributed by atoms with Crippen LogP contribution in [0.25, 0.3) is 0 Å². The summed E-state index contributed by atoms with van der Waals surface area (Å²) in [6.07, 6.45) is 0.196. The van der Waals surface area contributed by atoms with Gasteiger partial charge in [-0.3, -0.25) is 4.98 Å². The van der Waals surface area contributed by atoms with E-state index in [0.717, 1.165) is 23.6 Å². The second-order valence-corrected chi connectivity index (χ2v) is 5.00. The Morgan fingerprint density at radius 2 is 2.17 bits per heavy atom. The summed E-state index contributed by atoms with van der Waals surface area (Å²) in [6, 6.07) is 4.57. The fourth-order valence-electron chi connectivity index (χ4n) is 2.41. The first-order valence-corrected chi connectivity index (χ1v) is 6.29. The maximum absolute atomic E-state index is 9.33. The molecule has 1 aliphatic heterocycles. The van der Waals surface area contributed by atoms with Crippen LogP contribution in [0, 0.1) is 25.2 Å². The molecule has 2 heterocycles. The van der Waals surface area contributed by atoms with Gasteiger partial charge in [-0.05, 0) is 33.8 Å².